The van der Waals surface area contributed by atoms with Crippen molar-refractivity contribution in [2.45, 2.75) is 6.54 Å². The summed E-state index contributed by atoms with van der Waals surface area (Å²) < 4.78 is 5.22. The van der Waals surface area contributed by atoms with Crippen molar-refractivity contribution in [3.8, 4) is 5.75 Å². The fourth-order valence-corrected chi connectivity index (χ4v) is 2.87. The molecule has 0 saturated carbocycles. The maximum Gasteiger partial charge on any atom is 0.119 e. The van der Waals surface area contributed by atoms with E-state index in [0.29, 0.717) is 22.3 Å². The summed E-state index contributed by atoms with van der Waals surface area (Å²) in [6.07, 6.45) is 0. The van der Waals surface area contributed by atoms with Crippen LogP contribution in [0.4, 0.5) is 11.4 Å². The zero-order valence-corrected chi connectivity index (χ0v) is 12.9. The largest absolute Gasteiger partial charge is 0.497 e. The van der Waals surface area contributed by atoms with E-state index in [9.17, 15) is 0 Å². The Bertz CT molecular complexity index is 594. The number of nitrogen functional groups attached to an aromatic ring is 1. The van der Waals surface area contributed by atoms with Gasteiger partial charge in [0.1, 0.15) is 5.75 Å². The summed E-state index contributed by atoms with van der Waals surface area (Å²) in [5.74, 6) is 0.824. The number of halogens is 2. The Hall–Kier alpha value is -1.58. The smallest absolute Gasteiger partial charge is 0.119 e. The highest BCUT2D eigenvalue weighted by Crippen LogP contribution is 2.36. The third-order valence-electron chi connectivity index (χ3n) is 2.97. The second kappa shape index (κ2) is 6.25. The van der Waals surface area contributed by atoms with E-state index in [1.165, 1.54) is 0 Å². The van der Waals surface area contributed by atoms with Gasteiger partial charge >= 0.3 is 0 Å². The molecule has 0 heterocycles. The number of rotatable bonds is 4. The Balaban J connectivity index is 2.26. The van der Waals surface area contributed by atoms with E-state index in [-0.39, 0.29) is 0 Å². The van der Waals surface area contributed by atoms with Crippen molar-refractivity contribution in [2.75, 3.05) is 24.8 Å². The standard InChI is InChI=1S/C15H16Cl2N2O/c1-19(9-10-4-3-5-12(6-10)20-2)15-13(16)7-11(18)8-14(15)17/h3-8H,9,18H2,1-2H3. The average molecular weight is 311 g/mol. The third kappa shape index (κ3) is 3.30. The van der Waals surface area contributed by atoms with Crippen LogP contribution in [-0.4, -0.2) is 14.2 Å². The molecule has 106 valence electrons. The van der Waals surface area contributed by atoms with Gasteiger partial charge in [0.25, 0.3) is 0 Å². The van der Waals surface area contributed by atoms with E-state index in [1.54, 1.807) is 19.2 Å². The Morgan fingerprint density at radius 2 is 1.80 bits per heavy atom. The minimum Gasteiger partial charge on any atom is -0.497 e. The van der Waals surface area contributed by atoms with E-state index >= 15 is 0 Å². The van der Waals surface area contributed by atoms with Gasteiger partial charge in [-0.3, -0.25) is 0 Å². The first-order valence-electron chi connectivity index (χ1n) is 6.10. The minimum atomic E-state index is 0.542. The highest BCUT2D eigenvalue weighted by Gasteiger charge is 2.12. The van der Waals surface area contributed by atoms with Crippen LogP contribution in [0.15, 0.2) is 36.4 Å². The summed E-state index contributed by atoms with van der Waals surface area (Å²) in [6, 6.07) is 11.3. The molecule has 0 aliphatic heterocycles. The molecule has 0 aromatic heterocycles. The molecule has 0 saturated heterocycles. The van der Waals surface area contributed by atoms with Crippen LogP contribution in [0, 0.1) is 0 Å². The van der Waals surface area contributed by atoms with Gasteiger partial charge in [-0.15, -0.1) is 0 Å². The van der Waals surface area contributed by atoms with Gasteiger partial charge in [-0.05, 0) is 29.8 Å². The van der Waals surface area contributed by atoms with Gasteiger partial charge in [0.05, 0.1) is 22.8 Å². The van der Waals surface area contributed by atoms with Crippen molar-refractivity contribution in [1.82, 2.24) is 0 Å². The first-order chi connectivity index (χ1) is 9.51. The van der Waals surface area contributed by atoms with E-state index in [4.69, 9.17) is 33.7 Å². The molecule has 0 bridgehead atoms. The maximum absolute atomic E-state index is 6.22. The molecule has 0 aliphatic carbocycles. The molecule has 2 aromatic rings. The third-order valence-corrected chi connectivity index (χ3v) is 3.55. The van der Waals surface area contributed by atoms with Crippen molar-refractivity contribution in [1.29, 1.82) is 0 Å². The zero-order chi connectivity index (χ0) is 14.7. The molecule has 0 aliphatic rings. The molecule has 2 N–H and O–H groups in total. The van der Waals surface area contributed by atoms with Gasteiger partial charge in [0.2, 0.25) is 0 Å². The molecule has 2 aromatic carbocycles. The molecule has 0 atom stereocenters. The Kier molecular flexibility index (Phi) is 4.63. The molecular weight excluding hydrogens is 295 g/mol. The topological polar surface area (TPSA) is 38.5 Å². The molecule has 3 nitrogen and oxygen atoms in total. The number of ether oxygens (including phenoxy) is 1. The molecule has 5 heteroatoms. The van der Waals surface area contributed by atoms with Crippen molar-refractivity contribution >= 4 is 34.6 Å². The number of benzene rings is 2. The lowest BCUT2D eigenvalue weighted by Crippen LogP contribution is -2.17. The van der Waals surface area contributed by atoms with Crippen LogP contribution in [0.2, 0.25) is 10.0 Å². The summed E-state index contributed by atoms with van der Waals surface area (Å²) in [5, 5.41) is 1.08. The predicted octanol–water partition coefficient (Wildman–Crippen LogP) is 4.22. The van der Waals surface area contributed by atoms with Crippen LogP contribution in [0.3, 0.4) is 0 Å². The molecular formula is C15H16Cl2N2O. The first kappa shape index (κ1) is 14.8. The van der Waals surface area contributed by atoms with Crippen LogP contribution >= 0.6 is 23.2 Å². The lowest BCUT2D eigenvalue weighted by atomic mass is 10.2. The molecule has 0 unspecified atom stereocenters. The molecule has 2 rings (SSSR count). The summed E-state index contributed by atoms with van der Waals surface area (Å²) >= 11 is 12.4. The molecule has 0 spiro atoms. The second-order valence-electron chi connectivity index (χ2n) is 4.54. The number of hydrogen-bond donors (Lipinski definition) is 1. The number of hydrogen-bond acceptors (Lipinski definition) is 3. The number of anilines is 2. The monoisotopic (exact) mass is 310 g/mol. The van der Waals surface area contributed by atoms with Gasteiger partial charge in [-0.1, -0.05) is 35.3 Å². The summed E-state index contributed by atoms with van der Waals surface area (Å²) in [4.78, 5) is 1.98. The number of nitrogens with zero attached hydrogens (tertiary/aromatic N) is 1. The Morgan fingerprint density at radius 3 is 2.40 bits per heavy atom. The maximum atomic E-state index is 6.22. The quantitative estimate of drug-likeness (QED) is 0.859. The van der Waals surface area contributed by atoms with Crippen LogP contribution < -0.4 is 15.4 Å². The van der Waals surface area contributed by atoms with Gasteiger partial charge in [0, 0.05) is 19.3 Å². The first-order valence-corrected chi connectivity index (χ1v) is 6.85. The molecule has 0 radical (unpaired) electrons. The molecule has 0 fully saturated rings. The molecule has 20 heavy (non-hydrogen) atoms. The van der Waals surface area contributed by atoms with Crippen LogP contribution in [0.5, 0.6) is 5.75 Å². The lowest BCUT2D eigenvalue weighted by Gasteiger charge is -2.22. The second-order valence-corrected chi connectivity index (χ2v) is 5.36. The van der Waals surface area contributed by atoms with E-state index in [1.807, 2.05) is 36.2 Å². The number of nitrogens with two attached hydrogens (primary N) is 1. The highest BCUT2D eigenvalue weighted by atomic mass is 35.5. The van der Waals surface area contributed by atoms with Crippen molar-refractivity contribution < 1.29 is 4.74 Å². The van der Waals surface area contributed by atoms with Crippen LogP contribution in [0.1, 0.15) is 5.56 Å². The predicted molar refractivity (Wildman–Crippen MR) is 86.0 cm³/mol. The van der Waals surface area contributed by atoms with Gasteiger partial charge in [-0.2, -0.15) is 0 Å². The van der Waals surface area contributed by atoms with Crippen molar-refractivity contribution in [3.05, 3.63) is 52.0 Å². The van der Waals surface area contributed by atoms with Crippen molar-refractivity contribution in [2.24, 2.45) is 0 Å². The van der Waals surface area contributed by atoms with E-state index in [2.05, 4.69) is 0 Å². The van der Waals surface area contributed by atoms with Crippen LogP contribution in [0.25, 0.3) is 0 Å². The van der Waals surface area contributed by atoms with Gasteiger partial charge in [-0.25, -0.2) is 0 Å². The van der Waals surface area contributed by atoms with Crippen LogP contribution in [-0.2, 0) is 6.54 Å². The number of methoxy groups -OCH3 is 1. The lowest BCUT2D eigenvalue weighted by molar-refractivity contribution is 0.414. The zero-order valence-electron chi connectivity index (χ0n) is 11.4. The summed E-state index contributed by atoms with van der Waals surface area (Å²) in [7, 11) is 3.58. The fourth-order valence-electron chi connectivity index (χ4n) is 2.07. The Morgan fingerprint density at radius 1 is 1.15 bits per heavy atom. The SMILES string of the molecule is COc1cccc(CN(C)c2c(Cl)cc(N)cc2Cl)c1. The van der Waals surface area contributed by atoms with E-state index in [0.717, 1.165) is 17.0 Å². The highest BCUT2D eigenvalue weighted by molar-refractivity contribution is 6.39. The summed E-state index contributed by atoms with van der Waals surface area (Å²) in [6.45, 7) is 0.667. The Labute approximate surface area is 128 Å². The van der Waals surface area contributed by atoms with Gasteiger partial charge in [0.15, 0.2) is 0 Å². The summed E-state index contributed by atoms with van der Waals surface area (Å²) in [5.41, 5.74) is 8.15. The van der Waals surface area contributed by atoms with Gasteiger partial charge < -0.3 is 15.4 Å². The van der Waals surface area contributed by atoms with Crippen molar-refractivity contribution in [3.63, 3.8) is 0 Å². The fraction of sp³-hybridized carbons (Fsp3) is 0.200. The normalized spacial score (nSPS) is 10.4. The average Bonchev–Trinajstić information content (AvgIpc) is 2.37. The van der Waals surface area contributed by atoms with E-state index < -0.39 is 0 Å². The minimum absolute atomic E-state index is 0.542. The molecule has 0 amide bonds.